The Morgan fingerprint density at radius 3 is 1.79 bits per heavy atom. The van der Waals surface area contributed by atoms with Crippen LogP contribution in [0.5, 0.6) is 0 Å². The zero-order valence-corrected chi connectivity index (χ0v) is 21.1. The summed E-state index contributed by atoms with van der Waals surface area (Å²) in [7, 11) is 0. The van der Waals surface area contributed by atoms with Gasteiger partial charge in [0.2, 0.25) is 11.6 Å². The summed E-state index contributed by atoms with van der Waals surface area (Å²) in [5.41, 5.74) is 4.32. The van der Waals surface area contributed by atoms with Crippen LogP contribution < -0.4 is 0 Å². The second-order valence-corrected chi connectivity index (χ2v) is 12.1. The van der Waals surface area contributed by atoms with Crippen molar-refractivity contribution >= 4 is 17.1 Å². The van der Waals surface area contributed by atoms with Crippen LogP contribution >= 0.6 is 0 Å². The van der Waals surface area contributed by atoms with E-state index in [1.165, 1.54) is 5.57 Å². The maximum Gasteiger partial charge on any atom is 0.210 e. The van der Waals surface area contributed by atoms with Gasteiger partial charge in [0.05, 0.1) is 11.3 Å². The summed E-state index contributed by atoms with van der Waals surface area (Å²) in [4.78, 5) is 27.6. The highest BCUT2D eigenvalue weighted by Gasteiger charge is 2.68. The molecule has 0 aromatic heterocycles. The standard InChI is InChI=1S/C32H34O2/c1-30(2,3)24-19-32(31(4,5)6)23-18-17-22(26(23)27(24)28(33)29(32)34)25(20-13-9-7-10-14-20)21-15-11-8-12-16-21/h7-19,23,26-27H,1-6H3/t23-,26+,27+,32+/m1/s1. The molecule has 4 atom stereocenters. The molecule has 0 N–H and O–H groups in total. The fraction of sp³-hybridized carbons (Fsp3) is 0.375. The topological polar surface area (TPSA) is 34.1 Å². The van der Waals surface area contributed by atoms with Gasteiger partial charge in [-0.2, -0.15) is 0 Å². The Morgan fingerprint density at radius 1 is 0.794 bits per heavy atom. The second kappa shape index (κ2) is 7.50. The average molecular weight is 451 g/mol. The summed E-state index contributed by atoms with van der Waals surface area (Å²) in [6.45, 7) is 12.9. The van der Waals surface area contributed by atoms with E-state index in [0.29, 0.717) is 0 Å². The van der Waals surface area contributed by atoms with Crippen molar-refractivity contribution in [3.63, 3.8) is 0 Å². The molecule has 4 aliphatic rings. The van der Waals surface area contributed by atoms with Crippen molar-refractivity contribution in [1.82, 2.24) is 0 Å². The molecule has 0 aliphatic heterocycles. The summed E-state index contributed by atoms with van der Waals surface area (Å²) in [5, 5.41) is 0. The molecule has 2 aromatic rings. The van der Waals surface area contributed by atoms with Crippen LogP contribution in [0.1, 0.15) is 52.7 Å². The summed E-state index contributed by atoms with van der Waals surface area (Å²) in [6, 6.07) is 20.9. The highest BCUT2D eigenvalue weighted by atomic mass is 16.2. The molecule has 0 amide bonds. The van der Waals surface area contributed by atoms with Crippen LogP contribution in [-0.2, 0) is 9.59 Å². The van der Waals surface area contributed by atoms with Gasteiger partial charge in [-0.3, -0.25) is 9.59 Å². The molecule has 2 bridgehead atoms. The van der Waals surface area contributed by atoms with Gasteiger partial charge < -0.3 is 0 Å². The lowest BCUT2D eigenvalue weighted by atomic mass is 9.42. The van der Waals surface area contributed by atoms with E-state index in [1.807, 2.05) is 12.1 Å². The minimum Gasteiger partial charge on any atom is -0.290 e. The number of allylic oxidation sites excluding steroid dienone is 5. The van der Waals surface area contributed by atoms with Crippen molar-refractivity contribution in [1.29, 1.82) is 0 Å². The summed E-state index contributed by atoms with van der Waals surface area (Å²) >= 11 is 0. The van der Waals surface area contributed by atoms with Gasteiger partial charge in [-0.25, -0.2) is 0 Å². The minimum absolute atomic E-state index is 0.0220. The number of benzene rings is 2. The van der Waals surface area contributed by atoms with Crippen LogP contribution in [0.4, 0.5) is 0 Å². The van der Waals surface area contributed by atoms with E-state index in [0.717, 1.165) is 22.3 Å². The first kappa shape index (κ1) is 22.8. The van der Waals surface area contributed by atoms with E-state index in [2.05, 4.69) is 108 Å². The Balaban J connectivity index is 1.83. The average Bonchev–Trinajstić information content (AvgIpc) is 3.22. The van der Waals surface area contributed by atoms with Crippen LogP contribution in [0.2, 0.25) is 0 Å². The number of hydrogen-bond acceptors (Lipinski definition) is 2. The Bertz CT molecular complexity index is 1200. The van der Waals surface area contributed by atoms with Crippen LogP contribution in [0.15, 0.2) is 90.0 Å². The van der Waals surface area contributed by atoms with Gasteiger partial charge in [-0.05, 0) is 33.1 Å². The molecule has 2 heteroatoms. The number of carbonyl (C=O) groups is 2. The van der Waals surface area contributed by atoms with E-state index in [4.69, 9.17) is 0 Å². The van der Waals surface area contributed by atoms with Gasteiger partial charge >= 0.3 is 0 Å². The first-order valence-electron chi connectivity index (χ1n) is 12.3. The lowest BCUT2D eigenvalue weighted by molar-refractivity contribution is -0.157. The van der Waals surface area contributed by atoms with Crippen LogP contribution in [0, 0.1) is 34.0 Å². The quantitative estimate of drug-likeness (QED) is 0.362. The number of ketones is 2. The molecule has 0 spiro atoms. The Hall–Kier alpha value is -3.00. The van der Waals surface area contributed by atoms with Gasteiger partial charge in [0, 0.05) is 11.8 Å². The predicted octanol–water partition coefficient (Wildman–Crippen LogP) is 7.08. The van der Waals surface area contributed by atoms with Crippen LogP contribution in [0.25, 0.3) is 5.57 Å². The highest BCUT2D eigenvalue weighted by molar-refractivity contribution is 6.43. The van der Waals surface area contributed by atoms with Crippen molar-refractivity contribution in [2.75, 3.05) is 0 Å². The van der Waals surface area contributed by atoms with E-state index < -0.39 is 11.3 Å². The van der Waals surface area contributed by atoms with Crippen molar-refractivity contribution < 1.29 is 9.59 Å². The monoisotopic (exact) mass is 450 g/mol. The lowest BCUT2D eigenvalue weighted by Crippen LogP contribution is -2.63. The number of rotatable bonds is 2. The third-order valence-electron chi connectivity index (χ3n) is 8.23. The largest absolute Gasteiger partial charge is 0.290 e. The van der Waals surface area contributed by atoms with E-state index in [9.17, 15) is 9.59 Å². The third-order valence-corrected chi connectivity index (χ3v) is 8.23. The summed E-state index contributed by atoms with van der Waals surface area (Å²) in [6.07, 6.45) is 6.65. The van der Waals surface area contributed by atoms with E-state index in [1.54, 1.807) is 0 Å². The number of carbonyl (C=O) groups excluding carboxylic acids is 2. The molecule has 174 valence electrons. The van der Waals surface area contributed by atoms with Crippen molar-refractivity contribution in [3.05, 3.63) is 101 Å². The fourth-order valence-corrected chi connectivity index (χ4v) is 6.64. The minimum atomic E-state index is -0.831. The molecule has 1 saturated carbocycles. The lowest BCUT2D eigenvalue weighted by Gasteiger charge is -2.58. The van der Waals surface area contributed by atoms with Crippen LogP contribution in [-0.4, -0.2) is 11.6 Å². The van der Waals surface area contributed by atoms with Crippen LogP contribution in [0.3, 0.4) is 0 Å². The number of fused-ring (bicyclic) bond motifs is 1. The summed E-state index contributed by atoms with van der Waals surface area (Å²) < 4.78 is 0. The number of Topliss-reactive ketones (excluding diaryl/α,β-unsaturated/α-hetero) is 2. The fourth-order valence-electron chi connectivity index (χ4n) is 6.64. The molecule has 4 aliphatic carbocycles. The predicted molar refractivity (Wildman–Crippen MR) is 138 cm³/mol. The molecule has 0 unspecified atom stereocenters. The maximum absolute atomic E-state index is 13.8. The Morgan fingerprint density at radius 2 is 1.32 bits per heavy atom. The Labute approximate surface area is 203 Å². The molecule has 6 rings (SSSR count). The van der Waals surface area contributed by atoms with Gasteiger partial charge in [0.1, 0.15) is 0 Å². The highest BCUT2D eigenvalue weighted by Crippen LogP contribution is 2.66. The molecule has 1 fully saturated rings. The van der Waals surface area contributed by atoms with Crippen molar-refractivity contribution in [3.8, 4) is 0 Å². The second-order valence-electron chi connectivity index (χ2n) is 12.1. The molecular formula is C32H34O2. The molecule has 2 nitrogen and oxygen atoms in total. The maximum atomic E-state index is 13.8. The van der Waals surface area contributed by atoms with Gasteiger partial charge in [0.15, 0.2) is 0 Å². The summed E-state index contributed by atoms with van der Waals surface area (Å²) in [5.74, 6) is -0.879. The normalized spacial score (nSPS) is 28.2. The van der Waals surface area contributed by atoms with E-state index >= 15 is 0 Å². The van der Waals surface area contributed by atoms with Gasteiger partial charge in [-0.1, -0.05) is 126 Å². The molecule has 34 heavy (non-hydrogen) atoms. The van der Waals surface area contributed by atoms with Crippen molar-refractivity contribution in [2.24, 2.45) is 34.0 Å². The zero-order valence-electron chi connectivity index (χ0n) is 21.1. The van der Waals surface area contributed by atoms with Crippen molar-refractivity contribution in [2.45, 2.75) is 41.5 Å². The molecule has 0 radical (unpaired) electrons. The first-order chi connectivity index (χ1) is 16.0. The molecule has 2 aromatic carbocycles. The molecular weight excluding hydrogens is 416 g/mol. The SMILES string of the molecule is CC(C)(C)C1=C[C@@]2(C(C)(C)C)C(=O)C(=O)[C@@H]1[C@H]1C(=C(c3ccccc3)c3ccccc3)C=C[C@H]12. The zero-order chi connectivity index (χ0) is 24.5. The van der Waals surface area contributed by atoms with Gasteiger partial charge in [-0.15, -0.1) is 0 Å². The van der Waals surface area contributed by atoms with E-state index in [-0.39, 0.29) is 34.2 Å². The molecule has 0 heterocycles. The van der Waals surface area contributed by atoms with Gasteiger partial charge in [0.25, 0.3) is 0 Å². The molecule has 0 saturated heterocycles. The number of hydrogen-bond donors (Lipinski definition) is 0. The first-order valence-corrected chi connectivity index (χ1v) is 12.3. The Kier molecular flexibility index (Phi) is 5.02. The smallest absolute Gasteiger partial charge is 0.210 e. The third kappa shape index (κ3) is 3.07.